The molecule has 0 atom stereocenters. The van der Waals surface area contributed by atoms with Crippen LogP contribution in [-0.2, 0) is 11.3 Å². The zero-order valence-corrected chi connectivity index (χ0v) is 18.4. The molecule has 33 heavy (non-hydrogen) atoms. The van der Waals surface area contributed by atoms with Crippen molar-refractivity contribution in [1.82, 2.24) is 20.5 Å². The smallest absolute Gasteiger partial charge is 0.287 e. The van der Waals surface area contributed by atoms with Crippen LogP contribution >= 0.6 is 11.3 Å². The van der Waals surface area contributed by atoms with E-state index in [2.05, 4.69) is 15.6 Å². The summed E-state index contributed by atoms with van der Waals surface area (Å²) in [4.78, 5) is 42.6. The van der Waals surface area contributed by atoms with Gasteiger partial charge in [-0.1, -0.05) is 24.3 Å². The summed E-state index contributed by atoms with van der Waals surface area (Å²) in [5, 5.41) is 6.25. The summed E-state index contributed by atoms with van der Waals surface area (Å²) in [6.45, 7) is 1.31. The van der Waals surface area contributed by atoms with E-state index in [1.54, 1.807) is 36.4 Å². The Balaban J connectivity index is 1.20. The average Bonchev–Trinajstić information content (AvgIpc) is 3.50. The Kier molecular flexibility index (Phi) is 5.62. The van der Waals surface area contributed by atoms with Gasteiger partial charge in [0.25, 0.3) is 11.8 Å². The van der Waals surface area contributed by atoms with E-state index in [1.165, 1.54) is 16.2 Å². The molecule has 0 spiro atoms. The molecule has 166 valence electrons. The van der Waals surface area contributed by atoms with Crippen molar-refractivity contribution in [2.45, 2.75) is 6.54 Å². The Bertz CT molecular complexity index is 1310. The zero-order valence-electron chi connectivity index (χ0n) is 17.5. The first-order chi connectivity index (χ1) is 16.1. The van der Waals surface area contributed by atoms with E-state index in [0.29, 0.717) is 24.4 Å². The Hall–Kier alpha value is -3.98. The molecule has 3 amide bonds. The van der Waals surface area contributed by atoms with Crippen LogP contribution in [0, 0.1) is 0 Å². The highest BCUT2D eigenvalue weighted by atomic mass is 32.1. The number of benzene rings is 2. The van der Waals surface area contributed by atoms with Gasteiger partial charge in [-0.05, 0) is 42.0 Å². The minimum absolute atomic E-state index is 0.0682. The van der Waals surface area contributed by atoms with Crippen molar-refractivity contribution in [1.29, 1.82) is 0 Å². The number of para-hydroxylation sites is 1. The second-order valence-corrected chi connectivity index (χ2v) is 8.64. The standard InChI is InChI=1S/C24H20N4O4S/c29-21-14-28(12-11-25-21)24(31)16-7-5-15(6-8-16)13-26-22(30)18-9-10-19(32-18)23-27-17-3-1-2-4-20(17)33-23/h1-10H,11-14H2,(H,25,29)(H,26,30). The molecule has 0 aliphatic carbocycles. The van der Waals surface area contributed by atoms with Gasteiger partial charge >= 0.3 is 0 Å². The fourth-order valence-electron chi connectivity index (χ4n) is 3.58. The van der Waals surface area contributed by atoms with Gasteiger partial charge in [0.05, 0.1) is 16.8 Å². The Morgan fingerprint density at radius 3 is 2.70 bits per heavy atom. The third kappa shape index (κ3) is 4.49. The molecule has 1 saturated heterocycles. The van der Waals surface area contributed by atoms with Crippen molar-refractivity contribution >= 4 is 39.3 Å². The van der Waals surface area contributed by atoms with Gasteiger partial charge in [-0.2, -0.15) is 0 Å². The molecule has 2 aromatic heterocycles. The summed E-state index contributed by atoms with van der Waals surface area (Å²) in [7, 11) is 0. The molecule has 0 unspecified atom stereocenters. The number of rotatable bonds is 5. The quantitative estimate of drug-likeness (QED) is 0.476. The van der Waals surface area contributed by atoms with Crippen LogP contribution in [0.15, 0.2) is 65.1 Å². The van der Waals surface area contributed by atoms with Gasteiger partial charge in [-0.25, -0.2) is 4.98 Å². The maximum absolute atomic E-state index is 12.5. The van der Waals surface area contributed by atoms with E-state index < -0.39 is 0 Å². The first kappa shape index (κ1) is 20.9. The lowest BCUT2D eigenvalue weighted by Gasteiger charge is -2.26. The fourth-order valence-corrected chi connectivity index (χ4v) is 4.51. The van der Waals surface area contributed by atoms with Gasteiger partial charge in [0.2, 0.25) is 5.91 Å². The first-order valence-corrected chi connectivity index (χ1v) is 11.3. The van der Waals surface area contributed by atoms with Gasteiger partial charge in [0, 0.05) is 25.2 Å². The molecule has 1 fully saturated rings. The Morgan fingerprint density at radius 2 is 1.91 bits per heavy atom. The lowest BCUT2D eigenvalue weighted by molar-refractivity contribution is -0.123. The van der Waals surface area contributed by atoms with Gasteiger partial charge in [-0.3, -0.25) is 14.4 Å². The lowest BCUT2D eigenvalue weighted by atomic mass is 10.1. The monoisotopic (exact) mass is 460 g/mol. The van der Waals surface area contributed by atoms with Crippen LogP contribution in [0.3, 0.4) is 0 Å². The van der Waals surface area contributed by atoms with Crippen molar-refractivity contribution in [3.05, 3.63) is 77.6 Å². The molecule has 0 bridgehead atoms. The van der Waals surface area contributed by atoms with Crippen LogP contribution in [0.1, 0.15) is 26.5 Å². The molecule has 0 radical (unpaired) electrons. The van der Waals surface area contributed by atoms with Crippen molar-refractivity contribution in [3.63, 3.8) is 0 Å². The van der Waals surface area contributed by atoms with Crippen LogP contribution in [0.2, 0.25) is 0 Å². The predicted octanol–water partition coefficient (Wildman–Crippen LogP) is 3.06. The van der Waals surface area contributed by atoms with Crippen LogP contribution in [0.25, 0.3) is 21.0 Å². The minimum atomic E-state index is -0.332. The SMILES string of the molecule is O=C1CN(C(=O)c2ccc(CNC(=O)c3ccc(-c4nc5ccccc5s4)o3)cc2)CCN1. The highest BCUT2D eigenvalue weighted by Crippen LogP contribution is 2.31. The maximum Gasteiger partial charge on any atom is 0.287 e. The first-order valence-electron chi connectivity index (χ1n) is 10.5. The predicted molar refractivity (Wildman–Crippen MR) is 124 cm³/mol. The number of thiazole rings is 1. The summed E-state index contributed by atoms with van der Waals surface area (Å²) in [5.41, 5.74) is 2.24. The normalized spacial score (nSPS) is 13.7. The largest absolute Gasteiger partial charge is 0.448 e. The molecule has 8 nitrogen and oxygen atoms in total. The van der Waals surface area contributed by atoms with E-state index in [0.717, 1.165) is 20.8 Å². The van der Waals surface area contributed by atoms with E-state index in [9.17, 15) is 14.4 Å². The molecular formula is C24H20N4O4S. The third-order valence-electron chi connectivity index (χ3n) is 5.31. The van der Waals surface area contributed by atoms with Crippen LogP contribution in [-0.4, -0.2) is 47.2 Å². The number of nitrogens with zero attached hydrogens (tertiary/aromatic N) is 2. The van der Waals surface area contributed by atoms with Crippen molar-refractivity contribution < 1.29 is 18.8 Å². The molecular weight excluding hydrogens is 440 g/mol. The molecule has 2 N–H and O–H groups in total. The van der Waals surface area contributed by atoms with Gasteiger partial charge < -0.3 is 20.0 Å². The number of fused-ring (bicyclic) bond motifs is 1. The number of piperazine rings is 1. The van der Waals surface area contributed by atoms with Gasteiger partial charge in [-0.15, -0.1) is 11.3 Å². The number of carbonyl (C=O) groups excluding carboxylic acids is 3. The average molecular weight is 461 g/mol. The number of amides is 3. The third-order valence-corrected chi connectivity index (χ3v) is 6.36. The van der Waals surface area contributed by atoms with Gasteiger partial charge in [0.15, 0.2) is 16.5 Å². The number of furan rings is 1. The number of nitrogens with one attached hydrogen (secondary N) is 2. The summed E-state index contributed by atoms with van der Waals surface area (Å²) < 4.78 is 6.78. The highest BCUT2D eigenvalue weighted by molar-refractivity contribution is 7.21. The molecule has 0 saturated carbocycles. The summed E-state index contributed by atoms with van der Waals surface area (Å²) in [5.74, 6) is 0.0911. The van der Waals surface area contributed by atoms with E-state index in [4.69, 9.17) is 4.42 Å². The van der Waals surface area contributed by atoms with E-state index in [1.807, 2.05) is 24.3 Å². The number of carbonyl (C=O) groups is 3. The summed E-state index contributed by atoms with van der Waals surface area (Å²) in [6.07, 6.45) is 0. The number of aromatic nitrogens is 1. The van der Waals surface area contributed by atoms with Crippen molar-refractivity contribution in [2.75, 3.05) is 19.6 Å². The van der Waals surface area contributed by atoms with Crippen molar-refractivity contribution in [3.8, 4) is 10.8 Å². The maximum atomic E-state index is 12.5. The topological polar surface area (TPSA) is 105 Å². The molecule has 2 aromatic carbocycles. The summed E-state index contributed by atoms with van der Waals surface area (Å²) in [6, 6.07) is 18.2. The highest BCUT2D eigenvalue weighted by Gasteiger charge is 2.22. The zero-order chi connectivity index (χ0) is 22.8. The second kappa shape index (κ2) is 8.87. The lowest BCUT2D eigenvalue weighted by Crippen LogP contribution is -2.49. The van der Waals surface area contributed by atoms with Crippen LogP contribution in [0.5, 0.6) is 0 Å². The molecule has 9 heteroatoms. The number of hydrogen-bond acceptors (Lipinski definition) is 6. The summed E-state index contributed by atoms with van der Waals surface area (Å²) >= 11 is 1.51. The van der Waals surface area contributed by atoms with Crippen molar-refractivity contribution in [2.24, 2.45) is 0 Å². The molecule has 5 rings (SSSR count). The minimum Gasteiger partial charge on any atom is -0.448 e. The Labute approximate surface area is 193 Å². The molecule has 1 aliphatic heterocycles. The molecule has 4 aromatic rings. The van der Waals surface area contributed by atoms with Gasteiger partial charge in [0.1, 0.15) is 0 Å². The van der Waals surface area contributed by atoms with Crippen LogP contribution < -0.4 is 10.6 Å². The van der Waals surface area contributed by atoms with E-state index in [-0.39, 0.29) is 36.6 Å². The number of hydrogen-bond donors (Lipinski definition) is 2. The fraction of sp³-hybridized carbons (Fsp3) is 0.167. The van der Waals surface area contributed by atoms with Crippen LogP contribution in [0.4, 0.5) is 0 Å². The Morgan fingerprint density at radius 1 is 1.09 bits per heavy atom. The second-order valence-electron chi connectivity index (χ2n) is 7.61. The molecule has 3 heterocycles. The molecule has 1 aliphatic rings. The van der Waals surface area contributed by atoms with E-state index >= 15 is 0 Å².